The van der Waals surface area contributed by atoms with E-state index in [0.29, 0.717) is 111 Å². The van der Waals surface area contributed by atoms with E-state index in [0.717, 1.165) is 82.3 Å². The Bertz CT molecular complexity index is 5090. The van der Waals surface area contributed by atoms with Crippen molar-refractivity contribution in [1.29, 1.82) is 0 Å². The summed E-state index contributed by atoms with van der Waals surface area (Å²) in [5.74, 6) is 6.04. The van der Waals surface area contributed by atoms with Gasteiger partial charge < -0.3 is 47.1 Å². The summed E-state index contributed by atoms with van der Waals surface area (Å²) in [6.45, 7) is 44.8. The molecule has 0 radical (unpaired) electrons. The van der Waals surface area contributed by atoms with Gasteiger partial charge in [-0.3, -0.25) is 38.5 Å². The predicted molar refractivity (Wildman–Crippen MR) is 562 cm³/mol. The number of benzene rings is 10. The number of anilines is 7. The van der Waals surface area contributed by atoms with Crippen LogP contribution in [0.1, 0.15) is 329 Å². The van der Waals surface area contributed by atoms with E-state index in [1.54, 1.807) is 11.8 Å². The molecular weight excluding hydrogens is 1680 g/mol. The minimum Gasteiger partial charge on any atom is -0.447 e. The van der Waals surface area contributed by atoms with Crippen LogP contribution in [0.15, 0.2) is 249 Å². The number of ether oxygens (including phenoxy) is 2. The van der Waals surface area contributed by atoms with Crippen molar-refractivity contribution in [3.05, 3.63) is 315 Å². The lowest BCUT2D eigenvalue weighted by Gasteiger charge is -2.20. The summed E-state index contributed by atoms with van der Waals surface area (Å²) < 4.78 is 10.3. The zero-order valence-corrected chi connectivity index (χ0v) is 84.4. The van der Waals surface area contributed by atoms with Crippen LogP contribution in [-0.2, 0) is 62.5 Å². The molecule has 135 heavy (non-hydrogen) atoms. The fourth-order valence-electron chi connectivity index (χ4n) is 14.7. The van der Waals surface area contributed by atoms with Crippen molar-refractivity contribution in [2.24, 2.45) is 17.6 Å². The number of nitrogen functional groups attached to an aromatic ring is 1. The maximum atomic E-state index is 12.1. The molecule has 4 fully saturated rings. The van der Waals surface area contributed by atoms with E-state index in [4.69, 9.17) is 20.9 Å². The zero-order valence-electron chi connectivity index (χ0n) is 84.4. The first-order valence-corrected chi connectivity index (χ1v) is 48.8. The van der Waals surface area contributed by atoms with Crippen molar-refractivity contribution >= 4 is 87.1 Å². The van der Waals surface area contributed by atoms with Gasteiger partial charge in [0.15, 0.2) is 0 Å². The Morgan fingerprint density at radius 3 is 1.13 bits per heavy atom. The maximum absolute atomic E-state index is 12.1. The summed E-state index contributed by atoms with van der Waals surface area (Å²) in [5, 5.41) is 11.6. The van der Waals surface area contributed by atoms with Crippen LogP contribution in [0.5, 0.6) is 0 Å². The van der Waals surface area contributed by atoms with E-state index >= 15 is 0 Å². The van der Waals surface area contributed by atoms with Gasteiger partial charge in [0.25, 0.3) is 0 Å². The Labute approximate surface area is 808 Å². The van der Waals surface area contributed by atoms with Crippen molar-refractivity contribution in [2.75, 3.05) is 63.1 Å². The number of hydrogen-bond acceptors (Lipinski definition) is 11. The molecule has 4 aliphatic rings. The van der Waals surface area contributed by atoms with Crippen LogP contribution < -0.4 is 42.5 Å². The fourth-order valence-corrected chi connectivity index (χ4v) is 14.7. The summed E-state index contributed by atoms with van der Waals surface area (Å²) in [4.78, 5) is 94.6. The smallest absolute Gasteiger partial charge is 0.414 e. The first-order valence-electron chi connectivity index (χ1n) is 48.8. The van der Waals surface area contributed by atoms with Crippen molar-refractivity contribution in [3.63, 3.8) is 0 Å². The third-order valence-electron chi connectivity index (χ3n) is 23.4. The van der Waals surface area contributed by atoms with Crippen LogP contribution in [-0.4, -0.2) is 73.6 Å². The first-order chi connectivity index (χ1) is 64.3. The fraction of sp³-hybridized carbons (Fsp3) is 0.419. The number of Topliss-reactive ketones (excluding diaryl/α,β-unsaturated/α-hetero) is 1. The molecule has 0 spiro atoms. The minimum atomic E-state index is -0.277. The van der Waals surface area contributed by atoms with E-state index < -0.39 is 0 Å². The summed E-state index contributed by atoms with van der Waals surface area (Å²) in [6.07, 6.45) is 11.8. The van der Waals surface area contributed by atoms with Gasteiger partial charge in [-0.2, -0.15) is 0 Å². The Morgan fingerprint density at radius 1 is 0.385 bits per heavy atom. The molecular formula is C117H156N8O10. The molecule has 18 heteroatoms. The number of nitrogens with one attached hydrogen (secondary N) is 4. The molecule has 2 heterocycles. The molecule has 8 N–H and O–H groups in total. The lowest BCUT2D eigenvalue weighted by atomic mass is 9.88. The van der Waals surface area contributed by atoms with Crippen molar-refractivity contribution < 1.29 is 47.8 Å². The number of hydrogen-bond donors (Lipinski definition) is 6. The molecule has 0 aromatic heterocycles. The number of nitrogens with two attached hydrogens (primary N) is 2. The van der Waals surface area contributed by atoms with E-state index in [2.05, 4.69) is 231 Å². The van der Waals surface area contributed by atoms with E-state index in [9.17, 15) is 38.4 Å². The molecule has 2 aliphatic carbocycles. The molecule has 0 bridgehead atoms. The molecule has 724 valence electrons. The monoisotopic (exact) mass is 1830 g/mol. The molecule has 7 amide bonds. The minimum absolute atomic E-state index is 0.0564. The standard InChI is InChI=1S/C18H21NO2.C16H23NO.C14H19NO.C13H17NO.C12H15NO2.C12H17NO.C12H16O.C11H15NO.C9H13N/c1-14(2)16-8-10-17(11-9-16)19-18(20)13-21-12-15-6-4-3-5-7-15;1-12(2)13-8-10-15(11-9-13)17-16(18)14-6-4-3-5-7-14;1-10(2)12-5-7-13(8-6-12)15-14(16)9-11-3-4-11;1-10(2)11-5-3-6-12(9-11)14-8-4-7-13(14)15;1-9(2)10-4-3-5-11(8-10)13-6-7-15-12(13)14;1-4-12(14)13-11-7-5-10(6-8-11)9(2)3;1-9(2)12-6-4-5-11(8-12)7-10(3)13;1-8(2)10-5-3-4-9(6-10)7-11(12)13;1-7(2)8-4-3-5-9(10)6-8/h3-11,14H,12-13H2,1-2H3,(H,19,20);8-12,14H,3-7H2,1-2H3,(H,17,18);5-8,10-11H,3-4,9H2,1-2H3,(H,15,16);3,5-6,9-10H,4,7-8H2,1-2H3;3-5,8-9H,6-7H2,1-2H3;5-9H,4H2,1-3H3,(H,13,14);4-6,8-9H,7H2,1-3H3;3-6,8H,7H2,1-2H3,(H2,12,13);3-7H,10H2,1-2H3. The number of ketones is 1. The summed E-state index contributed by atoms with van der Waals surface area (Å²) in [6, 6.07) is 82.7. The van der Waals surface area contributed by atoms with E-state index in [1.807, 2.05) is 176 Å². The highest BCUT2D eigenvalue weighted by Crippen LogP contribution is 2.34. The molecule has 2 saturated heterocycles. The van der Waals surface area contributed by atoms with Crippen molar-refractivity contribution in [1.82, 2.24) is 0 Å². The Balaban J connectivity index is 0.000000235. The van der Waals surface area contributed by atoms with Gasteiger partial charge in [0.1, 0.15) is 19.0 Å². The Hall–Kier alpha value is -12.3. The quantitative estimate of drug-likeness (QED) is 0.0264. The van der Waals surface area contributed by atoms with Gasteiger partial charge in [-0.15, -0.1) is 0 Å². The highest BCUT2D eigenvalue weighted by Gasteiger charge is 2.27. The molecule has 2 aliphatic heterocycles. The molecule has 10 aromatic rings. The predicted octanol–water partition coefficient (Wildman–Crippen LogP) is 27.9. The number of nitrogens with zero attached hydrogens (tertiary/aromatic N) is 2. The highest BCUT2D eigenvalue weighted by atomic mass is 16.6. The van der Waals surface area contributed by atoms with Crippen LogP contribution in [0.2, 0.25) is 0 Å². The Kier molecular flexibility index (Phi) is 49.1. The molecule has 0 atom stereocenters. The number of carbonyl (C=O) groups is 8. The van der Waals surface area contributed by atoms with Crippen LogP contribution in [0.4, 0.5) is 44.6 Å². The zero-order chi connectivity index (χ0) is 99.1. The van der Waals surface area contributed by atoms with Crippen molar-refractivity contribution in [3.8, 4) is 0 Å². The third-order valence-corrected chi connectivity index (χ3v) is 23.4. The second-order valence-electron chi connectivity index (χ2n) is 38.1. The summed E-state index contributed by atoms with van der Waals surface area (Å²) in [7, 11) is 0. The van der Waals surface area contributed by atoms with Gasteiger partial charge in [-0.1, -0.05) is 315 Å². The number of carbonyl (C=O) groups excluding carboxylic acids is 8. The largest absolute Gasteiger partial charge is 0.447 e. The lowest BCUT2D eigenvalue weighted by Crippen LogP contribution is -2.24. The molecule has 10 aromatic carbocycles. The average molecular weight is 1830 g/mol. The number of primary amides is 1. The second kappa shape index (κ2) is 59.5. The van der Waals surface area contributed by atoms with Crippen molar-refractivity contribution in [2.45, 2.75) is 282 Å². The van der Waals surface area contributed by atoms with Crippen LogP contribution in [0.25, 0.3) is 0 Å². The average Bonchev–Trinajstić information content (AvgIpc) is 1.73. The third kappa shape index (κ3) is 43.3. The van der Waals surface area contributed by atoms with Gasteiger partial charge in [0.2, 0.25) is 35.4 Å². The molecule has 0 unspecified atom stereocenters. The van der Waals surface area contributed by atoms with Gasteiger partial charge in [0, 0.05) is 78.0 Å². The second-order valence-corrected chi connectivity index (χ2v) is 38.1. The lowest BCUT2D eigenvalue weighted by molar-refractivity contribution is -0.121. The Morgan fingerprint density at radius 2 is 0.763 bits per heavy atom. The maximum Gasteiger partial charge on any atom is 0.414 e. The molecule has 2 saturated carbocycles. The van der Waals surface area contributed by atoms with Gasteiger partial charge in [0.05, 0.1) is 19.6 Å². The number of amides is 7. The van der Waals surface area contributed by atoms with Crippen LogP contribution >= 0.6 is 0 Å². The number of cyclic esters (lactones) is 1. The summed E-state index contributed by atoms with van der Waals surface area (Å²) >= 11 is 0. The van der Waals surface area contributed by atoms with Gasteiger partial charge in [-0.05, 0) is 250 Å². The van der Waals surface area contributed by atoms with Crippen LogP contribution in [0, 0.1) is 11.8 Å². The van der Waals surface area contributed by atoms with E-state index in [1.165, 1.54) is 82.2 Å². The molecule has 18 nitrogen and oxygen atoms in total. The summed E-state index contributed by atoms with van der Waals surface area (Å²) in [5.41, 5.74) is 31.8. The van der Waals surface area contributed by atoms with Gasteiger partial charge >= 0.3 is 6.09 Å². The normalized spacial score (nSPS) is 13.1. The van der Waals surface area contributed by atoms with Gasteiger partial charge in [-0.25, -0.2) is 4.79 Å². The van der Waals surface area contributed by atoms with E-state index in [-0.39, 0.29) is 59.8 Å². The highest BCUT2D eigenvalue weighted by molar-refractivity contribution is 5.96. The SMILES string of the molecule is CC(=O)Cc1cccc(C(C)C)c1.CC(C)c1ccc(NC(=O)C2CCCCC2)cc1.CC(C)c1ccc(NC(=O)CC2CC2)cc1.CC(C)c1ccc(NC(=O)COCc2ccccc2)cc1.CC(C)c1cccc(CC(N)=O)c1.CC(C)c1cccc(N)c1.CC(C)c1cccc(N2CCCC2=O)c1.CC(C)c1cccc(N2CCOC2=O)c1.CCC(=O)Nc1ccc(C(C)C)cc1. The topological polar surface area (TPSA) is 262 Å². The number of rotatable bonds is 27. The van der Waals surface area contributed by atoms with Crippen LogP contribution in [0.3, 0.4) is 0 Å². The molecule has 14 rings (SSSR count). The first kappa shape index (κ1) is 111.